The molecule has 0 bridgehead atoms. The Kier molecular flexibility index (Phi) is 15.3. The van der Waals surface area contributed by atoms with Gasteiger partial charge in [-0.05, 0) is 31.7 Å². The van der Waals surface area contributed by atoms with E-state index in [0.29, 0.717) is 6.29 Å². The van der Waals surface area contributed by atoms with Crippen molar-refractivity contribution in [2.24, 2.45) is 11.7 Å². The maximum absolute atomic E-state index is 13.2. The van der Waals surface area contributed by atoms with Crippen LogP contribution in [-0.2, 0) is 40.0 Å². The van der Waals surface area contributed by atoms with Crippen molar-refractivity contribution in [2.45, 2.75) is 64.7 Å². The SMILES string of the molecule is CC(C)C[C@H](NC(=O)CNC(=O)CN)C(=O)N[C@@H](Cc1ccccc1)C(=O)NCC(=O)N[C@@H](C)C(=O)N[C@@H](C)C=O. The molecule has 0 spiro atoms. The summed E-state index contributed by atoms with van der Waals surface area (Å²) in [7, 11) is 0. The molecule has 0 aliphatic rings. The van der Waals surface area contributed by atoms with Crippen LogP contribution in [0.5, 0.6) is 0 Å². The van der Waals surface area contributed by atoms with Crippen LogP contribution in [-0.4, -0.2) is 85.5 Å². The summed E-state index contributed by atoms with van der Waals surface area (Å²) < 4.78 is 0. The zero-order valence-corrected chi connectivity index (χ0v) is 23.8. The Morgan fingerprint density at radius 1 is 0.732 bits per heavy atom. The molecule has 0 heterocycles. The first-order chi connectivity index (χ1) is 19.4. The summed E-state index contributed by atoms with van der Waals surface area (Å²) in [4.78, 5) is 85.2. The van der Waals surface area contributed by atoms with Gasteiger partial charge in [0.05, 0.1) is 25.7 Å². The molecule has 0 fully saturated rings. The van der Waals surface area contributed by atoms with E-state index in [1.165, 1.54) is 13.8 Å². The van der Waals surface area contributed by atoms with E-state index in [0.717, 1.165) is 5.56 Å². The molecule has 4 atom stereocenters. The van der Waals surface area contributed by atoms with E-state index in [2.05, 4.69) is 31.9 Å². The number of carbonyl (C=O) groups excluding carboxylic acids is 7. The standard InChI is InChI=1S/C27H41N7O7/c1-16(2)10-20(33-24(38)13-29-22(36)12-28)27(41)34-21(11-19-8-6-5-7-9-19)26(40)30-14-23(37)32-18(4)25(39)31-17(3)15-35/h5-9,15-18,20-21H,10-14,28H2,1-4H3,(H,29,36)(H,30,40)(H,31,39)(H,32,37)(H,33,38)(H,34,41)/t17-,18-,20-,21-/m0/s1. The van der Waals surface area contributed by atoms with Gasteiger partial charge in [-0.2, -0.15) is 0 Å². The lowest BCUT2D eigenvalue weighted by Crippen LogP contribution is -2.56. The highest BCUT2D eigenvalue weighted by Gasteiger charge is 2.28. The van der Waals surface area contributed by atoms with Gasteiger partial charge in [0.25, 0.3) is 0 Å². The number of rotatable bonds is 17. The largest absolute Gasteiger partial charge is 0.346 e. The van der Waals surface area contributed by atoms with Crippen molar-refractivity contribution in [3.63, 3.8) is 0 Å². The summed E-state index contributed by atoms with van der Waals surface area (Å²) in [6.45, 7) is 5.49. The van der Waals surface area contributed by atoms with Crippen LogP contribution in [0, 0.1) is 5.92 Å². The second kappa shape index (κ2) is 18.1. The molecule has 14 nitrogen and oxygen atoms in total. The number of nitrogens with one attached hydrogen (secondary N) is 6. The van der Waals surface area contributed by atoms with E-state index in [1.54, 1.807) is 30.3 Å². The highest BCUT2D eigenvalue weighted by Crippen LogP contribution is 2.08. The van der Waals surface area contributed by atoms with Crippen molar-refractivity contribution >= 4 is 41.7 Å². The Bertz CT molecular complexity index is 1070. The molecular formula is C27H41N7O7. The van der Waals surface area contributed by atoms with Crippen molar-refractivity contribution in [2.75, 3.05) is 19.6 Å². The minimum atomic E-state index is -1.10. The van der Waals surface area contributed by atoms with E-state index in [1.807, 2.05) is 13.8 Å². The Labute approximate surface area is 239 Å². The molecule has 14 heteroatoms. The average Bonchev–Trinajstić information content (AvgIpc) is 2.93. The van der Waals surface area contributed by atoms with Gasteiger partial charge in [-0.15, -0.1) is 0 Å². The van der Waals surface area contributed by atoms with Crippen LogP contribution >= 0.6 is 0 Å². The van der Waals surface area contributed by atoms with Crippen molar-refractivity contribution in [3.8, 4) is 0 Å². The maximum atomic E-state index is 13.2. The lowest BCUT2D eigenvalue weighted by atomic mass is 10.0. The van der Waals surface area contributed by atoms with E-state index in [4.69, 9.17) is 5.73 Å². The molecule has 1 aromatic rings. The van der Waals surface area contributed by atoms with Gasteiger partial charge in [-0.25, -0.2) is 0 Å². The van der Waals surface area contributed by atoms with Gasteiger partial charge in [-0.1, -0.05) is 44.2 Å². The van der Waals surface area contributed by atoms with Crippen LogP contribution < -0.4 is 37.6 Å². The third-order valence-electron chi connectivity index (χ3n) is 5.67. The predicted molar refractivity (Wildman–Crippen MR) is 150 cm³/mol. The molecule has 1 aromatic carbocycles. The Hall–Kier alpha value is -4.33. The van der Waals surface area contributed by atoms with Crippen LogP contribution in [0.2, 0.25) is 0 Å². The maximum Gasteiger partial charge on any atom is 0.243 e. The second-order valence-corrected chi connectivity index (χ2v) is 9.92. The Balaban J connectivity index is 2.92. The smallest absolute Gasteiger partial charge is 0.243 e. The number of nitrogens with two attached hydrogens (primary N) is 1. The number of amides is 6. The molecule has 0 aliphatic carbocycles. The highest BCUT2D eigenvalue weighted by molar-refractivity contribution is 5.95. The molecule has 8 N–H and O–H groups in total. The first-order valence-corrected chi connectivity index (χ1v) is 13.3. The lowest BCUT2D eigenvalue weighted by Gasteiger charge is -2.24. The number of carbonyl (C=O) groups is 7. The first-order valence-electron chi connectivity index (χ1n) is 13.3. The third kappa shape index (κ3) is 14.0. The zero-order chi connectivity index (χ0) is 30.9. The molecule has 0 radical (unpaired) electrons. The minimum Gasteiger partial charge on any atom is -0.346 e. The van der Waals surface area contributed by atoms with Crippen molar-refractivity contribution in [1.29, 1.82) is 0 Å². The molecule has 1 rings (SSSR count). The lowest BCUT2D eigenvalue weighted by molar-refractivity contribution is -0.133. The van der Waals surface area contributed by atoms with Crippen molar-refractivity contribution < 1.29 is 33.6 Å². The van der Waals surface area contributed by atoms with E-state index >= 15 is 0 Å². The van der Waals surface area contributed by atoms with Gasteiger partial charge in [-0.3, -0.25) is 28.8 Å². The summed E-state index contributed by atoms with van der Waals surface area (Å²) in [5.41, 5.74) is 5.96. The number of benzene rings is 1. The van der Waals surface area contributed by atoms with Crippen LogP contribution in [0.25, 0.3) is 0 Å². The van der Waals surface area contributed by atoms with Crippen LogP contribution in [0.3, 0.4) is 0 Å². The second-order valence-electron chi connectivity index (χ2n) is 9.92. The van der Waals surface area contributed by atoms with Gasteiger partial charge >= 0.3 is 0 Å². The molecule has 226 valence electrons. The minimum absolute atomic E-state index is 0.00323. The highest BCUT2D eigenvalue weighted by atomic mass is 16.2. The van der Waals surface area contributed by atoms with Gasteiger partial charge in [0.15, 0.2) is 0 Å². The monoisotopic (exact) mass is 575 g/mol. The Morgan fingerprint density at radius 3 is 1.93 bits per heavy atom. The summed E-state index contributed by atoms with van der Waals surface area (Å²) >= 11 is 0. The molecule has 0 unspecified atom stereocenters. The third-order valence-corrected chi connectivity index (χ3v) is 5.67. The Morgan fingerprint density at radius 2 is 1.34 bits per heavy atom. The van der Waals surface area contributed by atoms with Crippen LogP contribution in [0.15, 0.2) is 30.3 Å². The topological polar surface area (TPSA) is 218 Å². The van der Waals surface area contributed by atoms with Crippen LogP contribution in [0.1, 0.15) is 39.7 Å². The summed E-state index contributed by atoms with van der Waals surface area (Å²) in [6, 6.07) is 5.10. The van der Waals surface area contributed by atoms with Crippen molar-refractivity contribution in [3.05, 3.63) is 35.9 Å². The quantitative estimate of drug-likeness (QED) is 0.0995. The van der Waals surface area contributed by atoms with Gasteiger partial charge in [0, 0.05) is 6.42 Å². The molecule has 0 aliphatic heterocycles. The number of hydrogen-bond acceptors (Lipinski definition) is 8. The molecule has 41 heavy (non-hydrogen) atoms. The fourth-order valence-corrected chi connectivity index (χ4v) is 3.56. The molecule has 0 saturated carbocycles. The fourth-order valence-electron chi connectivity index (χ4n) is 3.56. The van der Waals surface area contributed by atoms with Crippen LogP contribution in [0.4, 0.5) is 0 Å². The molecule has 0 aromatic heterocycles. The number of aldehydes is 1. The summed E-state index contributed by atoms with van der Waals surface area (Å²) in [5, 5.41) is 14.9. The van der Waals surface area contributed by atoms with Gasteiger partial charge in [0.1, 0.15) is 24.4 Å². The summed E-state index contributed by atoms with van der Waals surface area (Å²) in [5.74, 6) is -3.63. The fraction of sp³-hybridized carbons (Fsp3) is 0.519. The molecule has 0 saturated heterocycles. The van der Waals surface area contributed by atoms with Gasteiger partial charge in [0.2, 0.25) is 35.4 Å². The van der Waals surface area contributed by atoms with E-state index < -0.39 is 66.2 Å². The molecule has 6 amide bonds. The summed E-state index contributed by atoms with van der Waals surface area (Å²) in [6.07, 6.45) is 0.898. The normalized spacial score (nSPS) is 13.5. The number of hydrogen-bond donors (Lipinski definition) is 7. The van der Waals surface area contributed by atoms with E-state index in [-0.39, 0.29) is 31.8 Å². The predicted octanol–water partition coefficient (Wildman–Crippen LogP) is -2.36. The van der Waals surface area contributed by atoms with Crippen molar-refractivity contribution in [1.82, 2.24) is 31.9 Å². The molecular weight excluding hydrogens is 534 g/mol. The van der Waals surface area contributed by atoms with E-state index in [9.17, 15) is 33.6 Å². The van der Waals surface area contributed by atoms with Gasteiger partial charge < -0.3 is 42.4 Å². The average molecular weight is 576 g/mol. The zero-order valence-electron chi connectivity index (χ0n) is 23.8. The first kappa shape index (κ1) is 34.7.